The Bertz CT molecular complexity index is 325. The standard InChI is InChI=1S/C14H27N3O/c1-5-12(3)17-9-7-14(16-17)11-13(15-6-2)8-10-18-4/h7,9,12-13,15H,5-6,8,10-11H2,1-4H3. The highest BCUT2D eigenvalue weighted by atomic mass is 16.5. The number of rotatable bonds is 9. The number of hydrogen-bond acceptors (Lipinski definition) is 3. The third kappa shape index (κ3) is 4.78. The molecule has 4 nitrogen and oxygen atoms in total. The Morgan fingerprint density at radius 3 is 2.83 bits per heavy atom. The van der Waals surface area contributed by atoms with Crippen LogP contribution in [0.25, 0.3) is 0 Å². The first-order chi connectivity index (χ1) is 8.71. The van der Waals surface area contributed by atoms with Gasteiger partial charge in [0.05, 0.1) is 5.69 Å². The fraction of sp³-hybridized carbons (Fsp3) is 0.786. The second-order valence-corrected chi connectivity index (χ2v) is 4.78. The van der Waals surface area contributed by atoms with Crippen LogP contribution in [0.15, 0.2) is 12.3 Å². The zero-order chi connectivity index (χ0) is 13.4. The molecular weight excluding hydrogens is 226 g/mol. The Labute approximate surface area is 111 Å². The van der Waals surface area contributed by atoms with Crippen molar-refractivity contribution in [3.05, 3.63) is 18.0 Å². The molecule has 2 atom stereocenters. The van der Waals surface area contributed by atoms with Crippen LogP contribution < -0.4 is 5.32 Å². The van der Waals surface area contributed by atoms with Crippen molar-refractivity contribution in [2.45, 2.75) is 52.1 Å². The van der Waals surface area contributed by atoms with Gasteiger partial charge in [0.1, 0.15) is 0 Å². The summed E-state index contributed by atoms with van der Waals surface area (Å²) in [4.78, 5) is 0. The van der Waals surface area contributed by atoms with Gasteiger partial charge in [-0.3, -0.25) is 4.68 Å². The molecular formula is C14H27N3O. The summed E-state index contributed by atoms with van der Waals surface area (Å²) in [5.74, 6) is 0. The Morgan fingerprint density at radius 1 is 1.44 bits per heavy atom. The molecule has 0 aliphatic carbocycles. The molecule has 0 aliphatic rings. The fourth-order valence-corrected chi connectivity index (χ4v) is 2.00. The Morgan fingerprint density at radius 2 is 2.22 bits per heavy atom. The van der Waals surface area contributed by atoms with Crippen molar-refractivity contribution in [1.29, 1.82) is 0 Å². The Balaban J connectivity index is 2.54. The van der Waals surface area contributed by atoms with Crippen LogP contribution >= 0.6 is 0 Å². The van der Waals surface area contributed by atoms with Crippen molar-refractivity contribution in [3.63, 3.8) is 0 Å². The highest BCUT2D eigenvalue weighted by molar-refractivity contribution is 5.02. The summed E-state index contributed by atoms with van der Waals surface area (Å²) in [5.41, 5.74) is 1.16. The normalized spacial score (nSPS) is 14.7. The molecule has 1 aromatic rings. The van der Waals surface area contributed by atoms with Gasteiger partial charge in [-0.05, 0) is 32.4 Å². The highest BCUT2D eigenvalue weighted by Crippen LogP contribution is 2.11. The lowest BCUT2D eigenvalue weighted by Gasteiger charge is -2.16. The first-order valence-electron chi connectivity index (χ1n) is 6.97. The van der Waals surface area contributed by atoms with E-state index in [1.54, 1.807) is 7.11 Å². The van der Waals surface area contributed by atoms with E-state index >= 15 is 0 Å². The minimum Gasteiger partial charge on any atom is -0.385 e. The van der Waals surface area contributed by atoms with E-state index in [-0.39, 0.29) is 0 Å². The summed E-state index contributed by atoms with van der Waals surface area (Å²) < 4.78 is 7.22. The molecule has 1 rings (SSSR count). The predicted octanol–water partition coefficient (Wildman–Crippen LogP) is 2.41. The predicted molar refractivity (Wildman–Crippen MR) is 74.9 cm³/mol. The lowest BCUT2D eigenvalue weighted by atomic mass is 10.1. The third-order valence-electron chi connectivity index (χ3n) is 3.32. The number of ether oxygens (including phenoxy) is 1. The number of nitrogens with one attached hydrogen (secondary N) is 1. The van der Waals surface area contributed by atoms with E-state index in [0.717, 1.165) is 38.1 Å². The molecule has 0 spiro atoms. The van der Waals surface area contributed by atoms with Gasteiger partial charge >= 0.3 is 0 Å². The van der Waals surface area contributed by atoms with Crippen molar-refractivity contribution in [3.8, 4) is 0 Å². The molecule has 0 aromatic carbocycles. The van der Waals surface area contributed by atoms with Crippen molar-refractivity contribution >= 4 is 0 Å². The topological polar surface area (TPSA) is 39.1 Å². The Hall–Kier alpha value is -0.870. The average molecular weight is 253 g/mol. The maximum absolute atomic E-state index is 5.15. The van der Waals surface area contributed by atoms with E-state index in [1.165, 1.54) is 0 Å². The van der Waals surface area contributed by atoms with E-state index in [1.807, 2.05) is 0 Å². The zero-order valence-electron chi connectivity index (χ0n) is 12.1. The lowest BCUT2D eigenvalue weighted by molar-refractivity contribution is 0.182. The third-order valence-corrected chi connectivity index (χ3v) is 3.32. The van der Waals surface area contributed by atoms with Crippen LogP contribution in [0, 0.1) is 0 Å². The van der Waals surface area contributed by atoms with Gasteiger partial charge in [0.15, 0.2) is 0 Å². The number of nitrogens with zero attached hydrogens (tertiary/aromatic N) is 2. The van der Waals surface area contributed by atoms with Crippen LogP contribution in [0.3, 0.4) is 0 Å². The van der Waals surface area contributed by atoms with E-state index in [9.17, 15) is 0 Å². The maximum atomic E-state index is 5.15. The molecule has 0 saturated heterocycles. The van der Waals surface area contributed by atoms with Crippen LogP contribution in [-0.4, -0.2) is 36.1 Å². The molecule has 4 heteroatoms. The molecule has 0 fully saturated rings. The summed E-state index contributed by atoms with van der Waals surface area (Å²) in [7, 11) is 1.75. The van der Waals surface area contributed by atoms with E-state index in [2.05, 4.69) is 48.1 Å². The van der Waals surface area contributed by atoms with E-state index < -0.39 is 0 Å². The fourth-order valence-electron chi connectivity index (χ4n) is 2.00. The van der Waals surface area contributed by atoms with Crippen LogP contribution in [0.5, 0.6) is 0 Å². The van der Waals surface area contributed by atoms with E-state index in [4.69, 9.17) is 4.74 Å². The quantitative estimate of drug-likeness (QED) is 0.734. The molecule has 0 saturated carbocycles. The summed E-state index contributed by atoms with van der Waals surface area (Å²) in [5, 5.41) is 8.14. The molecule has 0 radical (unpaired) electrons. The summed E-state index contributed by atoms with van der Waals surface area (Å²) in [6, 6.07) is 3.06. The molecule has 1 heterocycles. The Kier molecular flexibility index (Phi) is 6.98. The smallest absolute Gasteiger partial charge is 0.0640 e. The van der Waals surface area contributed by atoms with Crippen molar-refractivity contribution in [2.24, 2.45) is 0 Å². The average Bonchev–Trinajstić information content (AvgIpc) is 2.83. The minimum atomic E-state index is 0.454. The van der Waals surface area contributed by atoms with Gasteiger partial charge < -0.3 is 10.1 Å². The second-order valence-electron chi connectivity index (χ2n) is 4.78. The molecule has 2 unspecified atom stereocenters. The van der Waals surface area contributed by atoms with Gasteiger partial charge in [0.25, 0.3) is 0 Å². The van der Waals surface area contributed by atoms with Gasteiger partial charge in [0.2, 0.25) is 0 Å². The number of methoxy groups -OCH3 is 1. The SMILES string of the molecule is CCNC(CCOC)Cc1ccn(C(C)CC)n1. The molecule has 1 N–H and O–H groups in total. The van der Waals surface area contributed by atoms with Gasteiger partial charge in [-0.15, -0.1) is 0 Å². The molecule has 0 amide bonds. The molecule has 0 aliphatic heterocycles. The van der Waals surface area contributed by atoms with E-state index in [0.29, 0.717) is 12.1 Å². The van der Waals surface area contributed by atoms with Crippen LogP contribution in [0.1, 0.15) is 45.3 Å². The summed E-state index contributed by atoms with van der Waals surface area (Å²) in [6.07, 6.45) is 5.20. The summed E-state index contributed by atoms with van der Waals surface area (Å²) >= 11 is 0. The molecule has 0 bridgehead atoms. The zero-order valence-corrected chi connectivity index (χ0v) is 12.1. The van der Waals surface area contributed by atoms with Gasteiger partial charge in [-0.25, -0.2) is 0 Å². The van der Waals surface area contributed by atoms with Crippen molar-refractivity contribution in [2.75, 3.05) is 20.3 Å². The van der Waals surface area contributed by atoms with Crippen LogP contribution in [0.2, 0.25) is 0 Å². The van der Waals surface area contributed by atoms with Gasteiger partial charge in [-0.2, -0.15) is 5.10 Å². The van der Waals surface area contributed by atoms with Crippen molar-refractivity contribution in [1.82, 2.24) is 15.1 Å². The highest BCUT2D eigenvalue weighted by Gasteiger charge is 2.11. The molecule has 104 valence electrons. The largest absolute Gasteiger partial charge is 0.385 e. The first-order valence-corrected chi connectivity index (χ1v) is 6.97. The number of hydrogen-bond donors (Lipinski definition) is 1. The van der Waals surface area contributed by atoms with Crippen molar-refractivity contribution < 1.29 is 4.74 Å². The monoisotopic (exact) mass is 253 g/mol. The number of likely N-dealkylation sites (N-methyl/N-ethyl adjacent to an activating group) is 1. The van der Waals surface area contributed by atoms with Crippen LogP contribution in [0.4, 0.5) is 0 Å². The summed E-state index contributed by atoms with van der Waals surface area (Å²) in [6.45, 7) is 8.30. The second kappa shape index (κ2) is 8.27. The lowest BCUT2D eigenvalue weighted by Crippen LogP contribution is -2.32. The molecule has 1 aromatic heterocycles. The van der Waals surface area contributed by atoms with Gasteiger partial charge in [0, 0.05) is 38.4 Å². The first kappa shape index (κ1) is 15.2. The van der Waals surface area contributed by atoms with Gasteiger partial charge in [-0.1, -0.05) is 13.8 Å². The number of aromatic nitrogens is 2. The minimum absolute atomic E-state index is 0.454. The van der Waals surface area contributed by atoms with Crippen LogP contribution in [-0.2, 0) is 11.2 Å². The maximum Gasteiger partial charge on any atom is 0.0640 e. The molecule has 18 heavy (non-hydrogen) atoms.